The summed E-state index contributed by atoms with van der Waals surface area (Å²) in [6.07, 6.45) is 1.63. The Kier molecular flexibility index (Phi) is 4.63. The maximum absolute atomic E-state index is 12.5. The second kappa shape index (κ2) is 6.55. The summed E-state index contributed by atoms with van der Waals surface area (Å²) in [6.45, 7) is 5.42. The third kappa shape index (κ3) is 2.93. The molecule has 1 aromatic rings. The summed E-state index contributed by atoms with van der Waals surface area (Å²) in [5.41, 5.74) is 0.415. The van der Waals surface area contributed by atoms with Crippen molar-refractivity contribution in [1.82, 2.24) is 10.2 Å². The average molecular weight is 330 g/mol. The number of methoxy groups -OCH3 is 1. The van der Waals surface area contributed by atoms with Crippen LogP contribution in [0.2, 0.25) is 0 Å². The van der Waals surface area contributed by atoms with E-state index in [9.17, 15) is 9.59 Å². The number of amides is 1. The third-order valence-corrected chi connectivity index (χ3v) is 5.65. The zero-order chi connectivity index (χ0) is 17.3. The van der Waals surface area contributed by atoms with Crippen LogP contribution >= 0.6 is 0 Å². The number of esters is 1. The van der Waals surface area contributed by atoms with Crippen molar-refractivity contribution in [3.8, 4) is 0 Å². The van der Waals surface area contributed by atoms with Gasteiger partial charge in [0.1, 0.15) is 5.54 Å². The molecular weight excluding hydrogens is 304 g/mol. The zero-order valence-corrected chi connectivity index (χ0v) is 14.6. The lowest BCUT2D eigenvalue weighted by atomic mass is 9.85. The first-order valence-electron chi connectivity index (χ1n) is 8.62. The number of fused-ring (bicyclic) bond motifs is 2. The van der Waals surface area contributed by atoms with E-state index in [4.69, 9.17) is 4.74 Å². The quantitative estimate of drug-likeness (QED) is 0.859. The van der Waals surface area contributed by atoms with Gasteiger partial charge in [-0.25, -0.2) is 4.79 Å². The van der Waals surface area contributed by atoms with E-state index in [2.05, 4.69) is 41.4 Å². The third-order valence-electron chi connectivity index (χ3n) is 5.65. The van der Waals surface area contributed by atoms with Crippen LogP contribution in [0.25, 0.3) is 0 Å². The molecule has 1 amide bonds. The second-order valence-corrected chi connectivity index (χ2v) is 7.19. The standard InChI is InChI=1S/C19H26N2O3/c1-13(16-7-5-4-6-8-16)21-11-15-9-17(12-21)19(10-15,18(23)24-3)20-14(2)22/h4-8,13,15,17H,9-12H2,1-3H3,(H,20,22)/t13-,15-,17-,19+/m1/s1. The molecule has 1 saturated carbocycles. The van der Waals surface area contributed by atoms with Crippen molar-refractivity contribution in [2.75, 3.05) is 20.2 Å². The summed E-state index contributed by atoms with van der Waals surface area (Å²) in [5, 5.41) is 2.94. The molecule has 5 nitrogen and oxygen atoms in total. The Balaban J connectivity index is 1.83. The van der Waals surface area contributed by atoms with Gasteiger partial charge in [0.25, 0.3) is 0 Å². The summed E-state index contributed by atoms with van der Waals surface area (Å²) in [7, 11) is 1.40. The number of likely N-dealkylation sites (tertiary alicyclic amines) is 1. The second-order valence-electron chi connectivity index (χ2n) is 7.19. The maximum atomic E-state index is 12.5. The molecule has 1 aromatic carbocycles. The van der Waals surface area contributed by atoms with Gasteiger partial charge in [0.05, 0.1) is 7.11 Å². The lowest BCUT2D eigenvalue weighted by Crippen LogP contribution is -2.58. The number of carbonyl (C=O) groups excluding carboxylic acids is 2. The number of nitrogens with one attached hydrogen (secondary N) is 1. The van der Waals surface area contributed by atoms with Gasteiger partial charge in [-0.1, -0.05) is 30.3 Å². The highest BCUT2D eigenvalue weighted by atomic mass is 16.5. The van der Waals surface area contributed by atoms with E-state index in [1.165, 1.54) is 19.6 Å². The van der Waals surface area contributed by atoms with Crippen molar-refractivity contribution >= 4 is 11.9 Å². The van der Waals surface area contributed by atoms with Crippen molar-refractivity contribution in [3.63, 3.8) is 0 Å². The van der Waals surface area contributed by atoms with Crippen molar-refractivity contribution in [3.05, 3.63) is 35.9 Å². The average Bonchev–Trinajstić information content (AvgIpc) is 2.84. The van der Waals surface area contributed by atoms with Crippen LogP contribution in [-0.4, -0.2) is 42.5 Å². The normalized spacial score (nSPS) is 30.6. The molecule has 130 valence electrons. The number of carbonyl (C=O) groups is 2. The van der Waals surface area contributed by atoms with E-state index in [-0.39, 0.29) is 17.8 Å². The number of benzene rings is 1. The molecule has 3 rings (SSSR count). The first kappa shape index (κ1) is 17.0. The molecule has 2 aliphatic rings. The Morgan fingerprint density at radius 2 is 2.00 bits per heavy atom. The summed E-state index contributed by atoms with van der Waals surface area (Å²) in [4.78, 5) is 26.7. The van der Waals surface area contributed by atoms with Crippen LogP contribution in [0.5, 0.6) is 0 Å². The number of hydrogen-bond acceptors (Lipinski definition) is 4. The van der Waals surface area contributed by atoms with E-state index in [0.29, 0.717) is 18.4 Å². The molecule has 2 fully saturated rings. The summed E-state index contributed by atoms with van der Waals surface area (Å²) in [6, 6.07) is 10.7. The predicted octanol–water partition coefficient (Wildman–Crippen LogP) is 2.14. The summed E-state index contributed by atoms with van der Waals surface area (Å²) < 4.78 is 5.05. The molecule has 0 radical (unpaired) electrons. The van der Waals surface area contributed by atoms with E-state index >= 15 is 0 Å². The molecule has 0 aromatic heterocycles. The highest BCUT2D eigenvalue weighted by Crippen LogP contribution is 2.46. The number of rotatable bonds is 4. The Hall–Kier alpha value is -1.88. The molecule has 1 heterocycles. The smallest absolute Gasteiger partial charge is 0.331 e. The van der Waals surface area contributed by atoms with Crippen molar-refractivity contribution in [2.24, 2.45) is 11.8 Å². The lowest BCUT2D eigenvalue weighted by molar-refractivity contribution is -0.152. The molecule has 5 heteroatoms. The fraction of sp³-hybridized carbons (Fsp3) is 0.579. The number of piperidine rings is 1. The largest absolute Gasteiger partial charge is 0.467 e. The van der Waals surface area contributed by atoms with Crippen LogP contribution in [0.1, 0.15) is 38.3 Å². The maximum Gasteiger partial charge on any atom is 0.331 e. The first-order chi connectivity index (χ1) is 11.5. The zero-order valence-electron chi connectivity index (χ0n) is 14.6. The van der Waals surface area contributed by atoms with Crippen molar-refractivity contribution < 1.29 is 14.3 Å². The van der Waals surface area contributed by atoms with Gasteiger partial charge in [-0.3, -0.25) is 9.69 Å². The molecule has 0 unspecified atom stereocenters. The van der Waals surface area contributed by atoms with Gasteiger partial charge in [0.2, 0.25) is 5.91 Å². The van der Waals surface area contributed by atoms with Gasteiger partial charge in [0, 0.05) is 32.0 Å². The lowest BCUT2D eigenvalue weighted by Gasteiger charge is -2.39. The van der Waals surface area contributed by atoms with E-state index in [0.717, 1.165) is 19.5 Å². The van der Waals surface area contributed by atoms with E-state index in [1.54, 1.807) is 0 Å². The van der Waals surface area contributed by atoms with Gasteiger partial charge in [0.15, 0.2) is 0 Å². The van der Waals surface area contributed by atoms with Crippen LogP contribution in [0.3, 0.4) is 0 Å². The predicted molar refractivity (Wildman–Crippen MR) is 91.2 cm³/mol. The summed E-state index contributed by atoms with van der Waals surface area (Å²) in [5.74, 6) is 0.0228. The first-order valence-corrected chi connectivity index (χ1v) is 8.62. The SMILES string of the molecule is COC(=O)[C@]1(NC(C)=O)C[C@H]2C[C@@H]1CN([C@H](C)c1ccccc1)C2. The Morgan fingerprint density at radius 1 is 1.29 bits per heavy atom. The molecule has 1 aliphatic carbocycles. The van der Waals surface area contributed by atoms with Crippen LogP contribution in [0.4, 0.5) is 0 Å². The highest BCUT2D eigenvalue weighted by molar-refractivity contribution is 5.88. The van der Waals surface area contributed by atoms with Gasteiger partial charge in [-0.15, -0.1) is 0 Å². The number of nitrogens with zero attached hydrogens (tertiary/aromatic N) is 1. The van der Waals surface area contributed by atoms with Gasteiger partial charge >= 0.3 is 5.97 Å². The Bertz CT molecular complexity index is 618. The molecule has 2 bridgehead atoms. The van der Waals surface area contributed by atoms with Crippen LogP contribution in [0.15, 0.2) is 30.3 Å². The van der Waals surface area contributed by atoms with Gasteiger partial charge < -0.3 is 10.1 Å². The fourth-order valence-corrected chi connectivity index (χ4v) is 4.58. The van der Waals surface area contributed by atoms with Gasteiger partial charge in [-0.05, 0) is 31.2 Å². The Morgan fingerprint density at radius 3 is 2.62 bits per heavy atom. The summed E-state index contributed by atoms with van der Waals surface area (Å²) >= 11 is 0. The fourth-order valence-electron chi connectivity index (χ4n) is 4.58. The van der Waals surface area contributed by atoms with Crippen LogP contribution < -0.4 is 5.32 Å². The molecule has 0 spiro atoms. The minimum absolute atomic E-state index is 0.0961. The highest BCUT2D eigenvalue weighted by Gasteiger charge is 2.57. The molecule has 1 saturated heterocycles. The molecular formula is C19H26N2O3. The topological polar surface area (TPSA) is 58.6 Å². The Labute approximate surface area is 143 Å². The van der Waals surface area contributed by atoms with Crippen LogP contribution in [0, 0.1) is 11.8 Å². The minimum Gasteiger partial charge on any atom is -0.467 e. The molecule has 24 heavy (non-hydrogen) atoms. The van der Waals surface area contributed by atoms with Crippen molar-refractivity contribution in [2.45, 2.75) is 38.3 Å². The van der Waals surface area contributed by atoms with E-state index in [1.807, 2.05) is 6.07 Å². The molecule has 1 aliphatic heterocycles. The monoisotopic (exact) mass is 330 g/mol. The van der Waals surface area contributed by atoms with Crippen molar-refractivity contribution in [1.29, 1.82) is 0 Å². The van der Waals surface area contributed by atoms with E-state index < -0.39 is 5.54 Å². The number of hydrogen-bond donors (Lipinski definition) is 1. The number of ether oxygens (including phenoxy) is 1. The molecule has 1 N–H and O–H groups in total. The minimum atomic E-state index is -0.865. The molecule has 4 atom stereocenters. The van der Waals surface area contributed by atoms with Crippen LogP contribution in [-0.2, 0) is 14.3 Å². The van der Waals surface area contributed by atoms with Gasteiger partial charge in [-0.2, -0.15) is 0 Å².